The molecule has 0 radical (unpaired) electrons. The number of piperidine rings is 1. The molecule has 1 heteroatoms. The second kappa shape index (κ2) is 4.08. The maximum absolute atomic E-state index is 4.14. The maximum Gasteiger partial charge on any atom is 0.00469 e. The Bertz CT molecular complexity index is 152. The summed E-state index contributed by atoms with van der Waals surface area (Å²) in [5, 5.41) is 3.55. The van der Waals surface area contributed by atoms with Crippen LogP contribution in [0.5, 0.6) is 0 Å². The number of allylic oxidation sites excluding steroid dienone is 1. The van der Waals surface area contributed by atoms with E-state index in [1.807, 2.05) is 0 Å². The minimum Gasteiger partial charge on any atom is -0.312 e. The number of nitrogens with one attached hydrogen (secondary N) is 1. The van der Waals surface area contributed by atoms with Crippen molar-refractivity contribution in [2.45, 2.75) is 52.1 Å². The summed E-state index contributed by atoms with van der Waals surface area (Å²) in [6.07, 6.45) is 3.69. The summed E-state index contributed by atoms with van der Waals surface area (Å²) >= 11 is 0. The SMILES string of the molecule is C=C(CC)C1C[C@@H](C)N[C@@H](C)C1. The molecule has 0 saturated carbocycles. The van der Waals surface area contributed by atoms with E-state index in [4.69, 9.17) is 0 Å². The second-order valence-electron chi connectivity index (χ2n) is 4.15. The Morgan fingerprint density at radius 2 is 1.83 bits per heavy atom. The normalized spacial score (nSPS) is 36.4. The quantitative estimate of drug-likeness (QED) is 0.624. The summed E-state index contributed by atoms with van der Waals surface area (Å²) in [4.78, 5) is 0. The van der Waals surface area contributed by atoms with E-state index in [9.17, 15) is 0 Å². The summed E-state index contributed by atoms with van der Waals surface area (Å²) in [5.74, 6) is 0.765. The van der Waals surface area contributed by atoms with Gasteiger partial charge < -0.3 is 5.32 Å². The molecule has 0 aliphatic carbocycles. The van der Waals surface area contributed by atoms with E-state index in [0.717, 1.165) is 12.3 Å². The number of rotatable bonds is 2. The van der Waals surface area contributed by atoms with Crippen LogP contribution in [0.15, 0.2) is 12.2 Å². The van der Waals surface area contributed by atoms with E-state index >= 15 is 0 Å². The Morgan fingerprint density at radius 1 is 1.33 bits per heavy atom. The first-order valence-electron chi connectivity index (χ1n) is 5.07. The predicted octanol–water partition coefficient (Wildman–Crippen LogP) is 2.73. The van der Waals surface area contributed by atoms with E-state index in [1.165, 1.54) is 18.4 Å². The molecule has 1 aliphatic rings. The molecule has 1 nitrogen and oxygen atoms in total. The highest BCUT2D eigenvalue weighted by Crippen LogP contribution is 2.27. The second-order valence-corrected chi connectivity index (χ2v) is 4.15. The molecule has 0 aromatic carbocycles. The smallest absolute Gasteiger partial charge is 0.00469 e. The number of hydrogen-bond donors (Lipinski definition) is 1. The zero-order valence-corrected chi connectivity index (χ0v) is 8.56. The molecule has 1 unspecified atom stereocenters. The molecule has 0 aromatic heterocycles. The standard InChI is InChI=1S/C11H21N/c1-5-8(2)11-6-9(3)12-10(4)7-11/h9-12H,2,5-7H2,1,3-4H3/t9-,10+,11?. The van der Waals surface area contributed by atoms with Gasteiger partial charge in [0.15, 0.2) is 0 Å². The lowest BCUT2D eigenvalue weighted by Gasteiger charge is -2.33. The van der Waals surface area contributed by atoms with Crippen LogP contribution in [0.1, 0.15) is 40.0 Å². The van der Waals surface area contributed by atoms with Gasteiger partial charge in [-0.3, -0.25) is 0 Å². The van der Waals surface area contributed by atoms with Gasteiger partial charge in [0, 0.05) is 12.1 Å². The zero-order chi connectivity index (χ0) is 9.14. The van der Waals surface area contributed by atoms with Crippen molar-refractivity contribution in [1.29, 1.82) is 0 Å². The third kappa shape index (κ3) is 2.34. The van der Waals surface area contributed by atoms with E-state index in [0.29, 0.717) is 12.1 Å². The van der Waals surface area contributed by atoms with Gasteiger partial charge in [0.25, 0.3) is 0 Å². The van der Waals surface area contributed by atoms with Crippen LogP contribution in [0.4, 0.5) is 0 Å². The highest BCUT2D eigenvalue weighted by molar-refractivity contribution is 5.03. The van der Waals surface area contributed by atoms with Crippen molar-refractivity contribution >= 4 is 0 Å². The molecular weight excluding hydrogens is 146 g/mol. The summed E-state index contributed by atoms with van der Waals surface area (Å²) in [6, 6.07) is 1.34. The maximum atomic E-state index is 4.14. The fourth-order valence-electron chi connectivity index (χ4n) is 2.19. The molecule has 0 amide bonds. The van der Waals surface area contributed by atoms with E-state index in [1.54, 1.807) is 0 Å². The summed E-state index contributed by atoms with van der Waals surface area (Å²) in [6.45, 7) is 10.9. The molecule has 1 rings (SSSR count). The van der Waals surface area contributed by atoms with Gasteiger partial charge in [-0.2, -0.15) is 0 Å². The van der Waals surface area contributed by atoms with Gasteiger partial charge >= 0.3 is 0 Å². The first kappa shape index (κ1) is 9.79. The molecule has 1 saturated heterocycles. The fraction of sp³-hybridized carbons (Fsp3) is 0.818. The molecule has 0 spiro atoms. The molecule has 3 atom stereocenters. The van der Waals surface area contributed by atoms with Crippen LogP contribution in [0.25, 0.3) is 0 Å². The average Bonchev–Trinajstić information content (AvgIpc) is 2.01. The van der Waals surface area contributed by atoms with Crippen LogP contribution >= 0.6 is 0 Å². The summed E-state index contributed by atoms with van der Waals surface area (Å²) < 4.78 is 0. The summed E-state index contributed by atoms with van der Waals surface area (Å²) in [7, 11) is 0. The Hall–Kier alpha value is -0.300. The van der Waals surface area contributed by atoms with Gasteiger partial charge in [-0.1, -0.05) is 19.1 Å². The third-order valence-electron chi connectivity index (χ3n) is 2.88. The van der Waals surface area contributed by atoms with Crippen LogP contribution in [0, 0.1) is 5.92 Å². The highest BCUT2D eigenvalue weighted by atomic mass is 14.9. The zero-order valence-electron chi connectivity index (χ0n) is 8.56. The van der Waals surface area contributed by atoms with Gasteiger partial charge in [0.05, 0.1) is 0 Å². The van der Waals surface area contributed by atoms with Crippen molar-refractivity contribution in [2.24, 2.45) is 5.92 Å². The highest BCUT2D eigenvalue weighted by Gasteiger charge is 2.23. The van der Waals surface area contributed by atoms with Crippen molar-refractivity contribution < 1.29 is 0 Å². The Kier molecular flexibility index (Phi) is 3.33. The lowest BCUT2D eigenvalue weighted by molar-refractivity contribution is 0.288. The monoisotopic (exact) mass is 167 g/mol. The topological polar surface area (TPSA) is 12.0 Å². The molecule has 1 heterocycles. The molecule has 12 heavy (non-hydrogen) atoms. The van der Waals surface area contributed by atoms with Crippen LogP contribution < -0.4 is 5.32 Å². The van der Waals surface area contributed by atoms with Crippen molar-refractivity contribution in [2.75, 3.05) is 0 Å². The largest absolute Gasteiger partial charge is 0.312 e. The van der Waals surface area contributed by atoms with E-state index in [2.05, 4.69) is 32.7 Å². The van der Waals surface area contributed by atoms with Crippen molar-refractivity contribution in [1.82, 2.24) is 5.32 Å². The Labute approximate surface area is 76.2 Å². The molecule has 70 valence electrons. The molecule has 0 bridgehead atoms. The molecule has 1 aliphatic heterocycles. The fourth-order valence-corrected chi connectivity index (χ4v) is 2.19. The number of hydrogen-bond acceptors (Lipinski definition) is 1. The van der Waals surface area contributed by atoms with Crippen LogP contribution in [0.2, 0.25) is 0 Å². The average molecular weight is 167 g/mol. The van der Waals surface area contributed by atoms with Gasteiger partial charge in [0.2, 0.25) is 0 Å². The summed E-state index contributed by atoms with van der Waals surface area (Å²) in [5.41, 5.74) is 1.44. The molecular formula is C11H21N. The third-order valence-corrected chi connectivity index (χ3v) is 2.88. The van der Waals surface area contributed by atoms with Gasteiger partial charge in [0.1, 0.15) is 0 Å². The van der Waals surface area contributed by atoms with E-state index < -0.39 is 0 Å². The first-order valence-corrected chi connectivity index (χ1v) is 5.07. The Morgan fingerprint density at radius 3 is 2.25 bits per heavy atom. The van der Waals surface area contributed by atoms with Gasteiger partial charge in [-0.15, -0.1) is 0 Å². The van der Waals surface area contributed by atoms with Crippen molar-refractivity contribution in [3.8, 4) is 0 Å². The van der Waals surface area contributed by atoms with Crippen molar-refractivity contribution in [3.63, 3.8) is 0 Å². The molecule has 1 N–H and O–H groups in total. The van der Waals surface area contributed by atoms with Gasteiger partial charge in [-0.05, 0) is 39.0 Å². The lowest BCUT2D eigenvalue weighted by atomic mass is 9.83. The van der Waals surface area contributed by atoms with E-state index in [-0.39, 0.29) is 0 Å². The first-order chi connectivity index (χ1) is 5.63. The molecule has 1 fully saturated rings. The van der Waals surface area contributed by atoms with Crippen LogP contribution in [-0.2, 0) is 0 Å². The minimum absolute atomic E-state index is 0.669. The minimum atomic E-state index is 0.669. The molecule has 0 aromatic rings. The van der Waals surface area contributed by atoms with Crippen molar-refractivity contribution in [3.05, 3.63) is 12.2 Å². The van der Waals surface area contributed by atoms with Crippen LogP contribution in [0.3, 0.4) is 0 Å². The van der Waals surface area contributed by atoms with Crippen LogP contribution in [-0.4, -0.2) is 12.1 Å². The predicted molar refractivity (Wildman–Crippen MR) is 54.2 cm³/mol. The Balaban J connectivity index is 2.49. The lowest BCUT2D eigenvalue weighted by Crippen LogP contribution is -2.42. The van der Waals surface area contributed by atoms with Gasteiger partial charge in [-0.25, -0.2) is 0 Å².